The quantitative estimate of drug-likeness (QED) is 0.883. The number of fused-ring (bicyclic) bond motifs is 2. The van der Waals surface area contributed by atoms with E-state index in [0.717, 1.165) is 30.6 Å². The minimum atomic E-state index is -0.189. The fraction of sp³-hybridized carbons (Fsp3) is 0.562. The summed E-state index contributed by atoms with van der Waals surface area (Å²) in [5, 5.41) is 18.6. The first-order valence-electron chi connectivity index (χ1n) is 7.13. The first-order valence-corrected chi connectivity index (χ1v) is 7.13. The summed E-state index contributed by atoms with van der Waals surface area (Å²) in [6.07, 6.45) is 6.10. The lowest BCUT2D eigenvalue weighted by atomic mass is 9.91. The molecule has 3 aliphatic carbocycles. The molecule has 0 aromatic heterocycles. The average Bonchev–Trinajstić information content (AvgIpc) is 3.04. The molecular formula is C16H17NO2. The molecule has 3 aliphatic rings. The van der Waals surface area contributed by atoms with Crippen LogP contribution in [0.2, 0.25) is 0 Å². The van der Waals surface area contributed by atoms with Crippen molar-refractivity contribution in [2.45, 2.75) is 56.1 Å². The van der Waals surface area contributed by atoms with Crippen molar-refractivity contribution < 1.29 is 9.84 Å². The van der Waals surface area contributed by atoms with Crippen LogP contribution in [0.25, 0.3) is 0 Å². The number of nitrogens with zero attached hydrogens (tertiary/aromatic N) is 1. The molecule has 3 heteroatoms. The maximum absolute atomic E-state index is 9.36. The van der Waals surface area contributed by atoms with E-state index >= 15 is 0 Å². The number of nitriles is 1. The van der Waals surface area contributed by atoms with E-state index < -0.39 is 0 Å². The Morgan fingerprint density at radius 1 is 1.26 bits per heavy atom. The highest BCUT2D eigenvalue weighted by Gasteiger charge is 2.51. The second-order valence-corrected chi connectivity index (χ2v) is 6.22. The van der Waals surface area contributed by atoms with Gasteiger partial charge < -0.3 is 9.84 Å². The Bertz CT molecular complexity index is 577. The molecular weight excluding hydrogens is 238 g/mol. The van der Waals surface area contributed by atoms with E-state index in [0.29, 0.717) is 5.41 Å². The third kappa shape index (κ3) is 1.60. The second-order valence-electron chi connectivity index (χ2n) is 6.22. The molecule has 0 atom stereocenters. The van der Waals surface area contributed by atoms with Crippen molar-refractivity contribution in [2.24, 2.45) is 0 Å². The Kier molecular flexibility index (Phi) is 2.23. The zero-order valence-electron chi connectivity index (χ0n) is 10.9. The van der Waals surface area contributed by atoms with Gasteiger partial charge in [0, 0.05) is 18.4 Å². The molecule has 0 aliphatic heterocycles. The molecule has 0 amide bonds. The van der Waals surface area contributed by atoms with Gasteiger partial charge in [0.15, 0.2) is 0 Å². The summed E-state index contributed by atoms with van der Waals surface area (Å²) in [6, 6.07) is 6.17. The third-order valence-electron chi connectivity index (χ3n) is 5.00. The van der Waals surface area contributed by atoms with Crippen molar-refractivity contribution in [3.05, 3.63) is 28.8 Å². The molecule has 1 aromatic rings. The average molecular weight is 255 g/mol. The van der Waals surface area contributed by atoms with E-state index in [4.69, 9.17) is 4.74 Å². The highest BCUT2D eigenvalue weighted by atomic mass is 16.5. The van der Waals surface area contributed by atoms with Crippen molar-refractivity contribution >= 4 is 0 Å². The highest BCUT2D eigenvalue weighted by Crippen LogP contribution is 2.60. The van der Waals surface area contributed by atoms with Gasteiger partial charge in [-0.15, -0.1) is 0 Å². The maximum Gasteiger partial charge on any atom is 0.123 e. The van der Waals surface area contributed by atoms with Crippen LogP contribution in [-0.2, 0) is 11.8 Å². The minimum Gasteiger partial charge on any atom is -0.490 e. The molecule has 1 N–H and O–H groups in total. The number of ether oxygens (including phenoxy) is 1. The zero-order chi connectivity index (χ0) is 13.0. The van der Waals surface area contributed by atoms with Crippen LogP contribution in [0.5, 0.6) is 5.75 Å². The summed E-state index contributed by atoms with van der Waals surface area (Å²) in [6.45, 7) is 0. The molecule has 98 valence electrons. The van der Waals surface area contributed by atoms with E-state index in [2.05, 4.69) is 6.07 Å². The van der Waals surface area contributed by atoms with E-state index in [1.807, 2.05) is 12.1 Å². The van der Waals surface area contributed by atoms with Crippen molar-refractivity contribution in [3.8, 4) is 11.8 Å². The van der Waals surface area contributed by atoms with Crippen LogP contribution >= 0.6 is 0 Å². The van der Waals surface area contributed by atoms with Gasteiger partial charge in [-0.25, -0.2) is 0 Å². The second kappa shape index (κ2) is 3.74. The predicted octanol–water partition coefficient (Wildman–Crippen LogP) is 2.44. The van der Waals surface area contributed by atoms with Crippen LogP contribution in [0.15, 0.2) is 12.1 Å². The highest BCUT2D eigenvalue weighted by molar-refractivity contribution is 5.58. The molecule has 2 fully saturated rings. The van der Waals surface area contributed by atoms with Gasteiger partial charge in [0.1, 0.15) is 11.9 Å². The maximum atomic E-state index is 9.36. The molecule has 2 saturated carbocycles. The van der Waals surface area contributed by atoms with Crippen molar-refractivity contribution in [1.82, 2.24) is 0 Å². The Labute approximate surface area is 112 Å². The van der Waals surface area contributed by atoms with Gasteiger partial charge in [0.25, 0.3) is 0 Å². The van der Waals surface area contributed by atoms with Gasteiger partial charge in [-0.1, -0.05) is 0 Å². The van der Waals surface area contributed by atoms with Crippen LogP contribution in [0.4, 0.5) is 0 Å². The lowest BCUT2D eigenvalue weighted by Gasteiger charge is -2.32. The van der Waals surface area contributed by atoms with Crippen molar-refractivity contribution in [3.63, 3.8) is 0 Å². The van der Waals surface area contributed by atoms with E-state index in [9.17, 15) is 10.4 Å². The lowest BCUT2D eigenvalue weighted by Crippen LogP contribution is -2.37. The summed E-state index contributed by atoms with van der Waals surface area (Å²) in [4.78, 5) is 0. The zero-order valence-corrected chi connectivity index (χ0v) is 10.9. The molecule has 0 heterocycles. The van der Waals surface area contributed by atoms with Crippen molar-refractivity contribution in [1.29, 1.82) is 5.26 Å². The van der Waals surface area contributed by atoms with E-state index in [-0.39, 0.29) is 12.2 Å². The molecule has 0 bridgehead atoms. The van der Waals surface area contributed by atoms with Gasteiger partial charge in [-0.3, -0.25) is 0 Å². The van der Waals surface area contributed by atoms with Crippen molar-refractivity contribution in [2.75, 3.05) is 0 Å². The van der Waals surface area contributed by atoms with Gasteiger partial charge >= 0.3 is 0 Å². The van der Waals surface area contributed by atoms with Crippen LogP contribution in [0.1, 0.15) is 48.8 Å². The largest absolute Gasteiger partial charge is 0.490 e. The summed E-state index contributed by atoms with van der Waals surface area (Å²) >= 11 is 0. The molecule has 3 nitrogen and oxygen atoms in total. The Morgan fingerprint density at radius 3 is 2.68 bits per heavy atom. The lowest BCUT2D eigenvalue weighted by molar-refractivity contribution is -0.0113. The van der Waals surface area contributed by atoms with Crippen LogP contribution < -0.4 is 4.74 Å². The molecule has 1 spiro atoms. The van der Waals surface area contributed by atoms with Crippen LogP contribution in [-0.4, -0.2) is 17.3 Å². The Balaban J connectivity index is 1.72. The SMILES string of the molecule is N#Cc1ccc(OC2CC(O)C2)c2c1CCC21CC1. The fourth-order valence-corrected chi connectivity index (χ4v) is 3.62. The van der Waals surface area contributed by atoms with Gasteiger partial charge in [0.2, 0.25) is 0 Å². The molecule has 4 rings (SSSR count). The normalized spacial score (nSPS) is 29.5. The Hall–Kier alpha value is -1.53. The predicted molar refractivity (Wildman–Crippen MR) is 70.0 cm³/mol. The first kappa shape index (κ1) is 11.3. The van der Waals surface area contributed by atoms with E-state index in [1.54, 1.807) is 0 Å². The molecule has 19 heavy (non-hydrogen) atoms. The van der Waals surface area contributed by atoms with E-state index in [1.165, 1.54) is 30.4 Å². The molecule has 0 unspecified atom stereocenters. The molecule has 1 aromatic carbocycles. The van der Waals surface area contributed by atoms with Crippen LogP contribution in [0, 0.1) is 11.3 Å². The number of benzene rings is 1. The summed E-state index contributed by atoms with van der Waals surface area (Å²) in [5.41, 5.74) is 3.67. The van der Waals surface area contributed by atoms with Gasteiger partial charge in [0.05, 0.1) is 17.7 Å². The first-order chi connectivity index (χ1) is 9.22. The number of hydrogen-bond acceptors (Lipinski definition) is 3. The fourth-order valence-electron chi connectivity index (χ4n) is 3.62. The standard InChI is InChI=1S/C16H17NO2/c17-9-10-1-2-14(19-12-7-11(18)8-12)15-13(10)3-4-16(15)5-6-16/h1-2,11-12,18H,3-8H2. The number of hydrogen-bond donors (Lipinski definition) is 1. The monoisotopic (exact) mass is 255 g/mol. The number of rotatable bonds is 2. The molecule has 0 radical (unpaired) electrons. The third-order valence-corrected chi connectivity index (χ3v) is 5.00. The summed E-state index contributed by atoms with van der Waals surface area (Å²) < 4.78 is 6.07. The topological polar surface area (TPSA) is 53.2 Å². The van der Waals surface area contributed by atoms with Gasteiger partial charge in [-0.05, 0) is 48.8 Å². The van der Waals surface area contributed by atoms with Crippen LogP contribution in [0.3, 0.4) is 0 Å². The smallest absolute Gasteiger partial charge is 0.123 e. The van der Waals surface area contributed by atoms with Gasteiger partial charge in [-0.2, -0.15) is 5.26 Å². The minimum absolute atomic E-state index is 0.156. The summed E-state index contributed by atoms with van der Waals surface area (Å²) in [5.74, 6) is 0.973. The molecule has 0 saturated heterocycles. The number of aliphatic hydroxyl groups excluding tert-OH is 1. The number of aliphatic hydroxyl groups is 1. The Morgan fingerprint density at radius 2 is 2.05 bits per heavy atom. The summed E-state index contributed by atoms with van der Waals surface area (Å²) in [7, 11) is 0.